The molecule has 0 bridgehead atoms. The highest BCUT2D eigenvalue weighted by atomic mass is 16.5. The average molecular weight is 286 g/mol. The molecule has 0 saturated heterocycles. The summed E-state index contributed by atoms with van der Waals surface area (Å²) in [6.07, 6.45) is 0.855. The second kappa shape index (κ2) is 7.07. The maximum Gasteiger partial charge on any atom is 0.356 e. The van der Waals surface area contributed by atoms with Crippen molar-refractivity contribution in [2.75, 3.05) is 6.61 Å². The van der Waals surface area contributed by atoms with Crippen molar-refractivity contribution in [1.82, 2.24) is 9.78 Å². The average Bonchev–Trinajstić information content (AvgIpc) is 2.82. The zero-order valence-electron chi connectivity index (χ0n) is 12.9. The standard InChI is InChI=1S/C17H22N2O2/c1-4-21-17(20)16-11-15(10-13(2)3)18-19(16)12-14-8-6-5-7-9-14/h5-9,11,13H,4,10,12H2,1-3H3. The van der Waals surface area contributed by atoms with Crippen molar-refractivity contribution in [2.45, 2.75) is 33.7 Å². The summed E-state index contributed by atoms with van der Waals surface area (Å²) in [5, 5.41) is 4.56. The molecular weight excluding hydrogens is 264 g/mol. The Morgan fingerprint density at radius 3 is 2.62 bits per heavy atom. The number of hydrogen-bond acceptors (Lipinski definition) is 3. The van der Waals surface area contributed by atoms with Crippen LogP contribution in [0.3, 0.4) is 0 Å². The molecule has 0 aliphatic heterocycles. The lowest BCUT2D eigenvalue weighted by Crippen LogP contribution is -2.14. The Hall–Kier alpha value is -2.10. The van der Waals surface area contributed by atoms with Crippen molar-refractivity contribution in [3.8, 4) is 0 Å². The molecule has 1 aromatic carbocycles. The van der Waals surface area contributed by atoms with E-state index in [-0.39, 0.29) is 5.97 Å². The summed E-state index contributed by atoms with van der Waals surface area (Å²) < 4.78 is 6.87. The molecule has 4 heteroatoms. The molecule has 0 aliphatic carbocycles. The number of carbonyl (C=O) groups excluding carboxylic acids is 1. The lowest BCUT2D eigenvalue weighted by molar-refractivity contribution is 0.0512. The first kappa shape index (κ1) is 15.3. The SMILES string of the molecule is CCOC(=O)c1cc(CC(C)C)nn1Cc1ccccc1. The van der Waals surface area contributed by atoms with Gasteiger partial charge in [-0.2, -0.15) is 5.10 Å². The number of esters is 1. The molecule has 1 aromatic heterocycles. The van der Waals surface area contributed by atoms with Gasteiger partial charge in [-0.3, -0.25) is 4.68 Å². The molecule has 0 atom stereocenters. The molecule has 0 spiro atoms. The van der Waals surface area contributed by atoms with E-state index in [2.05, 4.69) is 18.9 Å². The van der Waals surface area contributed by atoms with Gasteiger partial charge in [0.15, 0.2) is 0 Å². The molecule has 21 heavy (non-hydrogen) atoms. The van der Waals surface area contributed by atoms with Crippen molar-refractivity contribution in [1.29, 1.82) is 0 Å². The van der Waals surface area contributed by atoms with Crippen LogP contribution in [0.4, 0.5) is 0 Å². The van der Waals surface area contributed by atoms with Gasteiger partial charge in [0.25, 0.3) is 0 Å². The first-order valence-corrected chi connectivity index (χ1v) is 7.38. The molecule has 0 radical (unpaired) electrons. The van der Waals surface area contributed by atoms with Gasteiger partial charge in [0.2, 0.25) is 0 Å². The quantitative estimate of drug-likeness (QED) is 0.765. The summed E-state index contributed by atoms with van der Waals surface area (Å²) in [4.78, 5) is 12.1. The van der Waals surface area contributed by atoms with Crippen LogP contribution < -0.4 is 0 Å². The summed E-state index contributed by atoms with van der Waals surface area (Å²) in [7, 11) is 0. The first-order valence-electron chi connectivity index (χ1n) is 7.38. The molecule has 4 nitrogen and oxygen atoms in total. The van der Waals surface area contributed by atoms with Crippen LogP contribution in [0.2, 0.25) is 0 Å². The van der Waals surface area contributed by atoms with Gasteiger partial charge in [0, 0.05) is 0 Å². The van der Waals surface area contributed by atoms with Crippen LogP contribution in [-0.4, -0.2) is 22.4 Å². The summed E-state index contributed by atoms with van der Waals surface area (Å²) in [5.74, 6) is 0.191. The van der Waals surface area contributed by atoms with Crippen molar-refractivity contribution < 1.29 is 9.53 Å². The predicted molar refractivity (Wildman–Crippen MR) is 82.3 cm³/mol. The number of hydrogen-bond donors (Lipinski definition) is 0. The molecule has 0 aliphatic rings. The van der Waals surface area contributed by atoms with Gasteiger partial charge in [-0.25, -0.2) is 4.79 Å². The fourth-order valence-electron chi connectivity index (χ4n) is 2.23. The number of carbonyl (C=O) groups is 1. The van der Waals surface area contributed by atoms with Gasteiger partial charge in [-0.05, 0) is 30.9 Å². The molecule has 1 heterocycles. The monoisotopic (exact) mass is 286 g/mol. The Balaban J connectivity index is 2.28. The van der Waals surface area contributed by atoms with Crippen LogP contribution in [-0.2, 0) is 17.7 Å². The van der Waals surface area contributed by atoms with Gasteiger partial charge < -0.3 is 4.74 Å². The summed E-state index contributed by atoms with van der Waals surface area (Å²) in [6, 6.07) is 11.8. The molecule has 0 saturated carbocycles. The van der Waals surface area contributed by atoms with Gasteiger partial charge >= 0.3 is 5.97 Å². The summed E-state index contributed by atoms with van der Waals surface area (Å²) in [5.41, 5.74) is 2.57. The van der Waals surface area contributed by atoms with Crippen LogP contribution in [0, 0.1) is 5.92 Å². The number of ether oxygens (including phenoxy) is 1. The van der Waals surface area contributed by atoms with Crippen molar-refractivity contribution in [3.05, 3.63) is 53.3 Å². The van der Waals surface area contributed by atoms with E-state index in [1.165, 1.54) is 0 Å². The third-order valence-corrected chi connectivity index (χ3v) is 3.11. The van der Waals surface area contributed by atoms with Crippen molar-refractivity contribution in [2.24, 2.45) is 5.92 Å². The van der Waals surface area contributed by atoms with Gasteiger partial charge in [0.05, 0.1) is 18.8 Å². The second-order valence-electron chi connectivity index (χ2n) is 5.48. The zero-order valence-corrected chi connectivity index (χ0v) is 12.9. The molecule has 2 aromatic rings. The van der Waals surface area contributed by atoms with E-state index < -0.39 is 0 Å². The molecule has 2 rings (SSSR count). The maximum atomic E-state index is 12.1. The van der Waals surface area contributed by atoms with E-state index in [4.69, 9.17) is 4.74 Å². The van der Waals surface area contributed by atoms with Crippen LogP contribution in [0.5, 0.6) is 0 Å². The normalized spacial score (nSPS) is 10.9. The van der Waals surface area contributed by atoms with Crippen LogP contribution in [0.25, 0.3) is 0 Å². The molecule has 0 amide bonds. The van der Waals surface area contributed by atoms with E-state index in [9.17, 15) is 4.79 Å². The first-order chi connectivity index (χ1) is 10.1. The third-order valence-electron chi connectivity index (χ3n) is 3.11. The number of nitrogens with zero attached hydrogens (tertiary/aromatic N) is 2. The van der Waals surface area contributed by atoms with Crippen LogP contribution >= 0.6 is 0 Å². The Bertz CT molecular complexity index is 588. The number of rotatable bonds is 6. The minimum Gasteiger partial charge on any atom is -0.461 e. The Kier molecular flexibility index (Phi) is 5.14. The summed E-state index contributed by atoms with van der Waals surface area (Å²) in [6.45, 7) is 7.04. The van der Waals surface area contributed by atoms with Gasteiger partial charge in [-0.15, -0.1) is 0 Å². The van der Waals surface area contributed by atoms with E-state index in [0.717, 1.165) is 17.7 Å². The highest BCUT2D eigenvalue weighted by Gasteiger charge is 2.17. The fraction of sp³-hybridized carbons (Fsp3) is 0.412. The summed E-state index contributed by atoms with van der Waals surface area (Å²) >= 11 is 0. The largest absolute Gasteiger partial charge is 0.461 e. The lowest BCUT2D eigenvalue weighted by Gasteiger charge is -2.07. The highest BCUT2D eigenvalue weighted by Crippen LogP contribution is 2.13. The minimum atomic E-state index is -0.309. The third kappa shape index (κ3) is 4.18. The Morgan fingerprint density at radius 2 is 2.00 bits per heavy atom. The topological polar surface area (TPSA) is 44.1 Å². The molecule has 0 unspecified atom stereocenters. The van der Waals surface area contributed by atoms with Crippen molar-refractivity contribution in [3.63, 3.8) is 0 Å². The van der Waals surface area contributed by atoms with Crippen molar-refractivity contribution >= 4 is 5.97 Å². The molecule has 112 valence electrons. The van der Waals surface area contributed by atoms with E-state index in [1.807, 2.05) is 43.3 Å². The fourth-order valence-corrected chi connectivity index (χ4v) is 2.23. The minimum absolute atomic E-state index is 0.309. The van der Waals surface area contributed by atoms with Crippen LogP contribution in [0.1, 0.15) is 42.5 Å². The Morgan fingerprint density at radius 1 is 1.29 bits per heavy atom. The lowest BCUT2D eigenvalue weighted by atomic mass is 10.1. The molecule has 0 N–H and O–H groups in total. The molecule has 0 fully saturated rings. The maximum absolute atomic E-state index is 12.1. The number of aromatic nitrogens is 2. The smallest absolute Gasteiger partial charge is 0.356 e. The zero-order chi connectivity index (χ0) is 15.2. The Labute approximate surface area is 125 Å². The van der Waals surface area contributed by atoms with Gasteiger partial charge in [0.1, 0.15) is 5.69 Å². The predicted octanol–water partition coefficient (Wildman–Crippen LogP) is 3.31. The second-order valence-corrected chi connectivity index (χ2v) is 5.48. The highest BCUT2D eigenvalue weighted by molar-refractivity contribution is 5.87. The van der Waals surface area contributed by atoms with E-state index in [0.29, 0.717) is 24.8 Å². The van der Waals surface area contributed by atoms with E-state index >= 15 is 0 Å². The van der Waals surface area contributed by atoms with Gasteiger partial charge in [-0.1, -0.05) is 44.2 Å². The van der Waals surface area contributed by atoms with E-state index in [1.54, 1.807) is 4.68 Å². The molecular formula is C17H22N2O2. The van der Waals surface area contributed by atoms with Crippen LogP contribution in [0.15, 0.2) is 36.4 Å². The number of benzene rings is 1.